The smallest absolute Gasteiger partial charge is 0.329 e. The Hall–Kier alpha value is -3.61. The van der Waals surface area contributed by atoms with Crippen LogP contribution in [0.4, 0.5) is 9.18 Å². The number of nitrogens with one attached hydrogen (secondary N) is 1. The SMILES string of the molecule is C=CCc1cc(C=C2NC(=O)N(Cc3ccc(F)cc3)C2=O)cc(OCC)c1O. The zero-order valence-corrected chi connectivity index (χ0v) is 15.9. The van der Waals surface area contributed by atoms with Crippen LogP contribution in [0, 0.1) is 5.82 Å². The molecule has 6 nitrogen and oxygen atoms in total. The van der Waals surface area contributed by atoms with Crippen LogP contribution in [0.15, 0.2) is 54.8 Å². The number of phenols is 1. The summed E-state index contributed by atoms with van der Waals surface area (Å²) >= 11 is 0. The second-order valence-corrected chi connectivity index (χ2v) is 6.46. The van der Waals surface area contributed by atoms with Gasteiger partial charge in [0.1, 0.15) is 11.5 Å². The zero-order valence-electron chi connectivity index (χ0n) is 15.9. The summed E-state index contributed by atoms with van der Waals surface area (Å²) in [6.07, 6.45) is 3.59. The summed E-state index contributed by atoms with van der Waals surface area (Å²) in [5.41, 5.74) is 1.93. The van der Waals surface area contributed by atoms with Gasteiger partial charge in [-0.25, -0.2) is 9.18 Å². The van der Waals surface area contributed by atoms with Crippen molar-refractivity contribution in [3.63, 3.8) is 0 Å². The first-order valence-electron chi connectivity index (χ1n) is 9.11. The lowest BCUT2D eigenvalue weighted by Crippen LogP contribution is -2.30. The number of phenolic OH excluding ortho intramolecular Hbond substituents is 1. The Kier molecular flexibility index (Phi) is 5.97. The molecule has 0 aromatic heterocycles. The molecule has 2 aromatic rings. The molecule has 1 aliphatic rings. The Balaban J connectivity index is 1.88. The number of carbonyl (C=O) groups excluding carboxylic acids is 2. The highest BCUT2D eigenvalue weighted by atomic mass is 19.1. The van der Waals surface area contributed by atoms with E-state index in [1.54, 1.807) is 25.1 Å². The largest absolute Gasteiger partial charge is 0.504 e. The number of rotatable bonds is 7. The van der Waals surface area contributed by atoms with Crippen LogP contribution in [0.5, 0.6) is 11.5 Å². The van der Waals surface area contributed by atoms with E-state index in [2.05, 4.69) is 11.9 Å². The van der Waals surface area contributed by atoms with Crippen LogP contribution < -0.4 is 10.1 Å². The number of nitrogens with zero attached hydrogens (tertiary/aromatic N) is 1. The van der Waals surface area contributed by atoms with Crippen molar-refractivity contribution in [1.29, 1.82) is 0 Å². The molecule has 0 saturated carbocycles. The molecule has 1 aliphatic heterocycles. The predicted molar refractivity (Wildman–Crippen MR) is 107 cm³/mol. The van der Waals surface area contributed by atoms with Crippen LogP contribution in [0.3, 0.4) is 0 Å². The van der Waals surface area contributed by atoms with Gasteiger partial charge in [-0.3, -0.25) is 9.69 Å². The lowest BCUT2D eigenvalue weighted by atomic mass is 10.0. The van der Waals surface area contributed by atoms with Crippen LogP contribution >= 0.6 is 0 Å². The Morgan fingerprint density at radius 3 is 2.62 bits per heavy atom. The van der Waals surface area contributed by atoms with Gasteiger partial charge in [-0.15, -0.1) is 6.58 Å². The third kappa shape index (κ3) is 4.45. The van der Waals surface area contributed by atoms with Crippen molar-refractivity contribution in [3.05, 3.63) is 77.3 Å². The van der Waals surface area contributed by atoms with Crippen molar-refractivity contribution in [1.82, 2.24) is 10.2 Å². The number of hydrogen-bond acceptors (Lipinski definition) is 4. The molecule has 29 heavy (non-hydrogen) atoms. The number of amides is 3. The number of imide groups is 1. The average molecular weight is 396 g/mol. The van der Waals surface area contributed by atoms with Gasteiger partial charge in [0.15, 0.2) is 11.5 Å². The van der Waals surface area contributed by atoms with Crippen molar-refractivity contribution in [2.75, 3.05) is 6.61 Å². The van der Waals surface area contributed by atoms with Gasteiger partial charge in [0.05, 0.1) is 13.2 Å². The monoisotopic (exact) mass is 396 g/mol. The quantitative estimate of drug-likeness (QED) is 0.424. The minimum absolute atomic E-state index is 0.0219. The third-order valence-electron chi connectivity index (χ3n) is 4.37. The topological polar surface area (TPSA) is 78.9 Å². The normalized spacial score (nSPS) is 15.0. The van der Waals surface area contributed by atoms with Gasteiger partial charge in [0.25, 0.3) is 5.91 Å². The minimum Gasteiger partial charge on any atom is -0.504 e. The second-order valence-electron chi connectivity index (χ2n) is 6.46. The molecule has 1 heterocycles. The molecule has 0 radical (unpaired) electrons. The number of allylic oxidation sites excluding steroid dienone is 1. The number of ether oxygens (including phenoxy) is 1. The van der Waals surface area contributed by atoms with Crippen molar-refractivity contribution in [3.8, 4) is 11.5 Å². The van der Waals surface area contributed by atoms with Gasteiger partial charge in [0.2, 0.25) is 0 Å². The van der Waals surface area contributed by atoms with Crippen molar-refractivity contribution in [2.45, 2.75) is 19.9 Å². The van der Waals surface area contributed by atoms with Gasteiger partial charge in [0, 0.05) is 5.56 Å². The first kappa shape index (κ1) is 20.1. The fraction of sp³-hybridized carbons (Fsp3) is 0.182. The maximum Gasteiger partial charge on any atom is 0.329 e. The highest BCUT2D eigenvalue weighted by Crippen LogP contribution is 2.33. The standard InChI is InChI=1S/C22H21FN2O4/c1-3-5-16-10-15(12-19(20(16)26)29-4-2)11-18-21(27)25(22(28)24-18)13-14-6-8-17(23)9-7-14/h3,6-12,26H,1,4-5,13H2,2H3,(H,24,28). The van der Waals surface area contributed by atoms with Crippen molar-refractivity contribution < 1.29 is 23.8 Å². The number of halogens is 1. The Labute approximate surface area is 167 Å². The molecule has 3 rings (SSSR count). The fourth-order valence-corrected chi connectivity index (χ4v) is 3.00. The molecule has 2 N–H and O–H groups in total. The first-order chi connectivity index (χ1) is 13.9. The number of aromatic hydroxyl groups is 1. The molecule has 2 aromatic carbocycles. The first-order valence-corrected chi connectivity index (χ1v) is 9.11. The van der Waals surface area contributed by atoms with Gasteiger partial charge < -0.3 is 15.2 Å². The van der Waals surface area contributed by atoms with Crippen molar-refractivity contribution in [2.24, 2.45) is 0 Å². The van der Waals surface area contributed by atoms with E-state index in [-0.39, 0.29) is 23.8 Å². The second kappa shape index (κ2) is 8.60. The van der Waals surface area contributed by atoms with E-state index in [9.17, 15) is 19.1 Å². The van der Waals surface area contributed by atoms with E-state index in [0.29, 0.717) is 35.5 Å². The molecule has 150 valence electrons. The summed E-state index contributed by atoms with van der Waals surface area (Å²) in [5.74, 6) is -0.567. The average Bonchev–Trinajstić information content (AvgIpc) is 2.95. The molecule has 1 saturated heterocycles. The molecule has 7 heteroatoms. The van der Waals surface area contributed by atoms with Gasteiger partial charge in [-0.2, -0.15) is 0 Å². The predicted octanol–water partition coefficient (Wildman–Crippen LogP) is 3.75. The molecular formula is C22H21FN2O4. The van der Waals surface area contributed by atoms with Gasteiger partial charge in [-0.1, -0.05) is 18.2 Å². The lowest BCUT2D eigenvalue weighted by Gasteiger charge is -2.12. The zero-order chi connectivity index (χ0) is 21.0. The fourth-order valence-electron chi connectivity index (χ4n) is 3.00. The molecule has 1 fully saturated rings. The van der Waals surface area contributed by atoms with E-state index in [0.717, 1.165) is 4.90 Å². The Morgan fingerprint density at radius 1 is 1.24 bits per heavy atom. The van der Waals surface area contributed by atoms with E-state index >= 15 is 0 Å². The molecule has 0 atom stereocenters. The number of benzene rings is 2. The number of urea groups is 1. The third-order valence-corrected chi connectivity index (χ3v) is 4.37. The molecular weight excluding hydrogens is 375 g/mol. The van der Waals surface area contributed by atoms with Gasteiger partial charge >= 0.3 is 6.03 Å². The van der Waals surface area contributed by atoms with E-state index in [4.69, 9.17) is 4.74 Å². The van der Waals surface area contributed by atoms with Crippen LogP contribution in [0.2, 0.25) is 0 Å². The molecule has 3 amide bonds. The highest BCUT2D eigenvalue weighted by Gasteiger charge is 2.33. The van der Waals surface area contributed by atoms with Crippen LogP contribution in [-0.4, -0.2) is 28.6 Å². The van der Waals surface area contributed by atoms with Crippen LogP contribution in [0.1, 0.15) is 23.6 Å². The van der Waals surface area contributed by atoms with Crippen molar-refractivity contribution >= 4 is 18.0 Å². The summed E-state index contributed by atoms with van der Waals surface area (Å²) in [5, 5.41) is 12.8. The minimum atomic E-state index is -0.555. The van der Waals surface area contributed by atoms with Gasteiger partial charge in [-0.05, 0) is 54.8 Å². The van der Waals surface area contributed by atoms with E-state index < -0.39 is 11.9 Å². The molecule has 0 aliphatic carbocycles. The van der Waals surface area contributed by atoms with Crippen LogP contribution in [-0.2, 0) is 17.8 Å². The van der Waals surface area contributed by atoms with E-state index in [1.165, 1.54) is 30.3 Å². The summed E-state index contributed by atoms with van der Waals surface area (Å²) in [4.78, 5) is 26.0. The Bertz CT molecular complexity index is 983. The lowest BCUT2D eigenvalue weighted by molar-refractivity contribution is -0.123. The van der Waals surface area contributed by atoms with E-state index in [1.807, 2.05) is 0 Å². The summed E-state index contributed by atoms with van der Waals surface area (Å²) in [6, 6.07) is 8.34. The molecule has 0 bridgehead atoms. The molecule has 0 spiro atoms. The number of carbonyl (C=O) groups is 2. The van der Waals surface area contributed by atoms with Crippen LogP contribution in [0.25, 0.3) is 6.08 Å². The maximum atomic E-state index is 13.1. The summed E-state index contributed by atoms with van der Waals surface area (Å²) < 4.78 is 18.5. The highest BCUT2D eigenvalue weighted by molar-refractivity contribution is 6.13. The Morgan fingerprint density at radius 2 is 1.97 bits per heavy atom. The molecule has 0 unspecified atom stereocenters. The summed E-state index contributed by atoms with van der Waals surface area (Å²) in [6.45, 7) is 5.87. The summed E-state index contributed by atoms with van der Waals surface area (Å²) in [7, 11) is 0. The maximum absolute atomic E-state index is 13.1. The number of hydrogen-bond donors (Lipinski definition) is 2.